The summed E-state index contributed by atoms with van der Waals surface area (Å²) < 4.78 is 1.69. The van der Waals surface area contributed by atoms with E-state index in [2.05, 4.69) is 15.3 Å². The van der Waals surface area contributed by atoms with Gasteiger partial charge in [-0.2, -0.15) is 4.98 Å². The van der Waals surface area contributed by atoms with Gasteiger partial charge in [0, 0.05) is 23.1 Å². The molecule has 4 rings (SSSR count). The lowest BCUT2D eigenvalue weighted by atomic mass is 10.1. The lowest BCUT2D eigenvalue weighted by molar-refractivity contribution is 0.772. The Morgan fingerprint density at radius 2 is 1.90 bits per heavy atom. The van der Waals surface area contributed by atoms with Crippen molar-refractivity contribution in [1.82, 2.24) is 14.5 Å². The second-order valence-electron chi connectivity index (χ2n) is 6.88. The molecule has 0 radical (unpaired) electrons. The zero-order valence-corrected chi connectivity index (χ0v) is 16.8. The first-order valence-electron chi connectivity index (χ1n) is 9.21. The van der Waals surface area contributed by atoms with Crippen LogP contribution in [0.5, 0.6) is 0 Å². The maximum atomic E-state index is 13.5. The summed E-state index contributed by atoms with van der Waals surface area (Å²) in [6.07, 6.45) is 1.67. The van der Waals surface area contributed by atoms with Crippen LogP contribution in [0.2, 0.25) is 5.02 Å². The summed E-state index contributed by atoms with van der Waals surface area (Å²) >= 11 is 6.36. The van der Waals surface area contributed by atoms with E-state index in [1.807, 2.05) is 62.4 Å². The number of nitrogen functional groups attached to an aromatic ring is 1. The fraction of sp³-hybridized carbons (Fsp3) is 0.136. The molecule has 0 saturated heterocycles. The molecule has 2 aromatic carbocycles. The first-order chi connectivity index (χ1) is 14.0. The van der Waals surface area contributed by atoms with Crippen LogP contribution in [0.4, 0.5) is 11.8 Å². The van der Waals surface area contributed by atoms with Crippen LogP contribution < -0.4 is 16.6 Å². The van der Waals surface area contributed by atoms with E-state index in [1.54, 1.807) is 16.8 Å². The predicted molar refractivity (Wildman–Crippen MR) is 118 cm³/mol. The molecule has 0 aliphatic heterocycles. The number of nitrogens with one attached hydrogen (secondary N) is 1. The van der Waals surface area contributed by atoms with Gasteiger partial charge in [-0.25, -0.2) is 4.98 Å². The van der Waals surface area contributed by atoms with Crippen LogP contribution in [0.25, 0.3) is 16.5 Å². The summed E-state index contributed by atoms with van der Waals surface area (Å²) in [6.45, 7) is 3.88. The van der Waals surface area contributed by atoms with Gasteiger partial charge in [-0.1, -0.05) is 41.9 Å². The number of para-hydroxylation sites is 1. The highest BCUT2D eigenvalue weighted by Gasteiger charge is 2.18. The van der Waals surface area contributed by atoms with Crippen LogP contribution in [0.15, 0.2) is 65.6 Å². The molecule has 0 saturated carbocycles. The summed E-state index contributed by atoms with van der Waals surface area (Å²) in [6, 6.07) is 16.7. The molecule has 0 spiro atoms. The zero-order chi connectivity index (χ0) is 20.5. The molecule has 0 fully saturated rings. The number of rotatable bonds is 4. The van der Waals surface area contributed by atoms with Crippen molar-refractivity contribution in [1.29, 1.82) is 0 Å². The molecule has 2 heterocycles. The molecule has 6 nitrogen and oxygen atoms in total. The standard InChI is InChI=1S/C22H20ClN5O/c1-13-12-25-22(24)27-20(13)26-14(2)18-11-15-7-6-10-17(23)19(15)21(29)28(18)16-8-4-3-5-9-16/h3-12,14H,1-2H3,(H3,24,25,26,27)/t14-/m0/s1. The Labute approximate surface area is 173 Å². The van der Waals surface area contributed by atoms with Gasteiger partial charge in [0.1, 0.15) is 5.82 Å². The maximum Gasteiger partial charge on any atom is 0.264 e. The van der Waals surface area contributed by atoms with Crippen LogP contribution >= 0.6 is 11.6 Å². The number of halogens is 1. The molecule has 7 heteroatoms. The highest BCUT2D eigenvalue weighted by Crippen LogP contribution is 2.27. The van der Waals surface area contributed by atoms with Gasteiger partial charge in [0.25, 0.3) is 5.56 Å². The molecule has 0 unspecified atom stereocenters. The lowest BCUT2D eigenvalue weighted by Crippen LogP contribution is -2.26. The number of nitrogens with two attached hydrogens (primary N) is 1. The number of anilines is 2. The van der Waals surface area contributed by atoms with Gasteiger partial charge in [-0.3, -0.25) is 9.36 Å². The van der Waals surface area contributed by atoms with E-state index in [1.165, 1.54) is 0 Å². The third-order valence-electron chi connectivity index (χ3n) is 4.83. The molecule has 3 N–H and O–H groups in total. The number of aryl methyl sites for hydroxylation is 1. The van der Waals surface area contributed by atoms with Crippen molar-refractivity contribution in [2.45, 2.75) is 19.9 Å². The van der Waals surface area contributed by atoms with Crippen molar-refractivity contribution in [2.75, 3.05) is 11.1 Å². The first-order valence-corrected chi connectivity index (χ1v) is 9.59. The summed E-state index contributed by atoms with van der Waals surface area (Å²) in [5, 5.41) is 5.08. The van der Waals surface area contributed by atoms with Crippen LogP contribution in [-0.2, 0) is 0 Å². The second-order valence-corrected chi connectivity index (χ2v) is 7.28. The van der Waals surface area contributed by atoms with E-state index in [0.717, 1.165) is 22.3 Å². The van der Waals surface area contributed by atoms with Crippen molar-refractivity contribution >= 4 is 34.1 Å². The molecule has 0 aliphatic carbocycles. The van der Waals surface area contributed by atoms with E-state index >= 15 is 0 Å². The largest absolute Gasteiger partial charge is 0.368 e. The molecule has 146 valence electrons. The van der Waals surface area contributed by atoms with Crippen molar-refractivity contribution < 1.29 is 0 Å². The molecular weight excluding hydrogens is 386 g/mol. The second kappa shape index (κ2) is 7.56. The molecule has 0 amide bonds. The Bertz CT molecular complexity index is 1250. The smallest absolute Gasteiger partial charge is 0.264 e. The van der Waals surface area contributed by atoms with Gasteiger partial charge in [-0.15, -0.1) is 0 Å². The van der Waals surface area contributed by atoms with Crippen LogP contribution in [0.3, 0.4) is 0 Å². The Kier molecular flexibility index (Phi) is 4.94. The van der Waals surface area contributed by atoms with Crippen molar-refractivity contribution in [2.24, 2.45) is 0 Å². The minimum Gasteiger partial charge on any atom is -0.368 e. The van der Waals surface area contributed by atoms with Gasteiger partial charge in [0.05, 0.1) is 16.5 Å². The molecule has 29 heavy (non-hydrogen) atoms. The number of pyridine rings is 1. The molecule has 4 aromatic rings. The number of fused-ring (bicyclic) bond motifs is 1. The zero-order valence-electron chi connectivity index (χ0n) is 16.1. The highest BCUT2D eigenvalue weighted by molar-refractivity contribution is 6.35. The van der Waals surface area contributed by atoms with Gasteiger partial charge in [-0.05, 0) is 43.5 Å². The third kappa shape index (κ3) is 3.54. The summed E-state index contributed by atoms with van der Waals surface area (Å²) in [4.78, 5) is 21.7. The van der Waals surface area contributed by atoms with E-state index in [0.29, 0.717) is 16.2 Å². The summed E-state index contributed by atoms with van der Waals surface area (Å²) in [5.74, 6) is 0.819. The Morgan fingerprint density at radius 3 is 2.66 bits per heavy atom. The van der Waals surface area contributed by atoms with Gasteiger partial charge in [0.2, 0.25) is 5.95 Å². The fourth-order valence-electron chi connectivity index (χ4n) is 3.38. The molecule has 2 aromatic heterocycles. The lowest BCUT2D eigenvalue weighted by Gasteiger charge is -2.22. The first kappa shape index (κ1) is 19.0. The van der Waals surface area contributed by atoms with Crippen molar-refractivity contribution in [3.8, 4) is 5.69 Å². The Balaban J connectivity index is 1.93. The number of nitrogens with zero attached hydrogens (tertiary/aromatic N) is 3. The van der Waals surface area contributed by atoms with E-state index in [9.17, 15) is 4.79 Å². The minimum atomic E-state index is -0.237. The van der Waals surface area contributed by atoms with Crippen LogP contribution in [-0.4, -0.2) is 14.5 Å². The molecule has 1 atom stereocenters. The molecular formula is C22H20ClN5O. The Hall–Kier alpha value is -3.38. The number of hydrogen-bond acceptors (Lipinski definition) is 5. The number of aromatic nitrogens is 3. The summed E-state index contributed by atoms with van der Waals surface area (Å²) in [7, 11) is 0. The normalized spacial score (nSPS) is 12.1. The van der Waals surface area contributed by atoms with Crippen LogP contribution in [0, 0.1) is 6.92 Å². The number of hydrogen-bond donors (Lipinski definition) is 2. The fourth-order valence-corrected chi connectivity index (χ4v) is 3.65. The van der Waals surface area contributed by atoms with E-state index in [4.69, 9.17) is 17.3 Å². The maximum absolute atomic E-state index is 13.5. The average Bonchev–Trinajstić information content (AvgIpc) is 2.71. The number of benzene rings is 2. The van der Waals surface area contributed by atoms with Crippen molar-refractivity contribution in [3.05, 3.63) is 87.4 Å². The summed E-state index contributed by atoms with van der Waals surface area (Å²) in [5.41, 5.74) is 8.00. The SMILES string of the molecule is Cc1cnc(N)nc1N[C@@H](C)c1cc2cccc(Cl)c2c(=O)n1-c1ccccc1. The van der Waals surface area contributed by atoms with Gasteiger partial charge in [0.15, 0.2) is 0 Å². The monoisotopic (exact) mass is 405 g/mol. The van der Waals surface area contributed by atoms with Gasteiger partial charge < -0.3 is 11.1 Å². The molecule has 0 aliphatic rings. The van der Waals surface area contributed by atoms with E-state index in [-0.39, 0.29) is 17.5 Å². The minimum absolute atomic E-state index is 0.165. The highest BCUT2D eigenvalue weighted by atomic mass is 35.5. The quantitative estimate of drug-likeness (QED) is 0.522. The van der Waals surface area contributed by atoms with Crippen molar-refractivity contribution in [3.63, 3.8) is 0 Å². The van der Waals surface area contributed by atoms with Gasteiger partial charge >= 0.3 is 0 Å². The predicted octanol–water partition coefficient (Wildman–Crippen LogP) is 4.50. The third-order valence-corrected chi connectivity index (χ3v) is 5.14. The topological polar surface area (TPSA) is 85.8 Å². The molecule has 0 bridgehead atoms. The van der Waals surface area contributed by atoms with E-state index < -0.39 is 0 Å². The average molecular weight is 406 g/mol. The Morgan fingerprint density at radius 1 is 1.14 bits per heavy atom. The van der Waals surface area contributed by atoms with Crippen LogP contribution in [0.1, 0.15) is 24.2 Å².